The van der Waals surface area contributed by atoms with E-state index in [0.717, 1.165) is 0 Å². The second-order valence-electron chi connectivity index (χ2n) is 3.58. The van der Waals surface area contributed by atoms with E-state index in [-0.39, 0.29) is 24.2 Å². The van der Waals surface area contributed by atoms with E-state index in [9.17, 15) is 10.1 Å². The summed E-state index contributed by atoms with van der Waals surface area (Å²) in [6.45, 7) is 4.18. The number of hydrogen-bond donors (Lipinski definition) is 3. The van der Waals surface area contributed by atoms with E-state index >= 15 is 0 Å². The Bertz CT molecular complexity index is 397. The molecule has 17 heavy (non-hydrogen) atoms. The van der Waals surface area contributed by atoms with Crippen LogP contribution in [-0.4, -0.2) is 34.2 Å². The van der Waals surface area contributed by atoms with Gasteiger partial charge in [0.25, 0.3) is 0 Å². The van der Waals surface area contributed by atoms with Crippen molar-refractivity contribution in [2.24, 2.45) is 0 Å². The first kappa shape index (κ1) is 13.2. The number of rotatable bonds is 6. The van der Waals surface area contributed by atoms with Crippen LogP contribution in [-0.2, 0) is 0 Å². The SMILES string of the molecule is CCNc1ccc([N+](=O)[O-])c(NC(C)CO)n1. The van der Waals surface area contributed by atoms with E-state index in [1.807, 2.05) is 6.92 Å². The van der Waals surface area contributed by atoms with Gasteiger partial charge >= 0.3 is 5.69 Å². The minimum atomic E-state index is -0.505. The van der Waals surface area contributed by atoms with Gasteiger partial charge in [0.1, 0.15) is 5.82 Å². The van der Waals surface area contributed by atoms with Gasteiger partial charge in [-0.3, -0.25) is 10.1 Å². The quantitative estimate of drug-likeness (QED) is 0.510. The third kappa shape index (κ3) is 3.56. The van der Waals surface area contributed by atoms with Crippen molar-refractivity contribution < 1.29 is 10.0 Å². The summed E-state index contributed by atoms with van der Waals surface area (Å²) >= 11 is 0. The van der Waals surface area contributed by atoms with E-state index in [4.69, 9.17) is 5.11 Å². The molecule has 0 aliphatic rings. The summed E-state index contributed by atoms with van der Waals surface area (Å²) < 4.78 is 0. The number of nitrogens with one attached hydrogen (secondary N) is 2. The van der Waals surface area contributed by atoms with E-state index in [2.05, 4.69) is 15.6 Å². The Morgan fingerprint density at radius 3 is 2.82 bits per heavy atom. The summed E-state index contributed by atoms with van der Waals surface area (Å²) in [6.07, 6.45) is 0. The van der Waals surface area contributed by atoms with Gasteiger partial charge in [-0.1, -0.05) is 0 Å². The van der Waals surface area contributed by atoms with Crippen LogP contribution in [0.3, 0.4) is 0 Å². The lowest BCUT2D eigenvalue weighted by Gasteiger charge is -2.12. The molecule has 0 radical (unpaired) electrons. The highest BCUT2D eigenvalue weighted by Gasteiger charge is 2.17. The Hall–Kier alpha value is -1.89. The van der Waals surface area contributed by atoms with Crippen LogP contribution in [0.2, 0.25) is 0 Å². The van der Waals surface area contributed by atoms with Crippen LogP contribution >= 0.6 is 0 Å². The van der Waals surface area contributed by atoms with Gasteiger partial charge in [-0.2, -0.15) is 0 Å². The minimum absolute atomic E-state index is 0.105. The molecule has 0 amide bonds. The average molecular weight is 240 g/mol. The zero-order chi connectivity index (χ0) is 12.8. The number of nitro groups is 1. The van der Waals surface area contributed by atoms with Crippen molar-refractivity contribution in [3.63, 3.8) is 0 Å². The summed E-state index contributed by atoms with van der Waals surface area (Å²) in [5.41, 5.74) is -0.105. The van der Waals surface area contributed by atoms with Crippen LogP contribution in [0.25, 0.3) is 0 Å². The predicted octanol–water partition coefficient (Wildman–Crippen LogP) is 1.21. The first-order valence-corrected chi connectivity index (χ1v) is 5.35. The van der Waals surface area contributed by atoms with Gasteiger partial charge in [0, 0.05) is 18.7 Å². The molecule has 1 aromatic rings. The van der Waals surface area contributed by atoms with Crippen LogP contribution < -0.4 is 10.6 Å². The molecule has 0 aliphatic carbocycles. The minimum Gasteiger partial charge on any atom is -0.394 e. The van der Waals surface area contributed by atoms with E-state index in [1.165, 1.54) is 6.07 Å². The lowest BCUT2D eigenvalue weighted by atomic mass is 10.3. The summed E-state index contributed by atoms with van der Waals surface area (Å²) in [5.74, 6) is 0.723. The lowest BCUT2D eigenvalue weighted by molar-refractivity contribution is -0.384. The highest BCUT2D eigenvalue weighted by molar-refractivity contribution is 5.60. The fourth-order valence-corrected chi connectivity index (χ4v) is 1.26. The molecule has 0 aromatic carbocycles. The topological polar surface area (TPSA) is 100 Å². The molecule has 0 spiro atoms. The second kappa shape index (κ2) is 6.00. The molecule has 0 aliphatic heterocycles. The summed E-state index contributed by atoms with van der Waals surface area (Å²) in [4.78, 5) is 14.4. The second-order valence-corrected chi connectivity index (χ2v) is 3.58. The fraction of sp³-hybridized carbons (Fsp3) is 0.500. The zero-order valence-corrected chi connectivity index (χ0v) is 9.80. The third-order valence-corrected chi connectivity index (χ3v) is 2.09. The van der Waals surface area contributed by atoms with Gasteiger partial charge in [-0.15, -0.1) is 0 Å². The molecular weight excluding hydrogens is 224 g/mol. The van der Waals surface area contributed by atoms with Gasteiger partial charge in [0.05, 0.1) is 11.5 Å². The van der Waals surface area contributed by atoms with E-state index in [0.29, 0.717) is 12.4 Å². The number of aromatic nitrogens is 1. The van der Waals surface area contributed by atoms with Crippen LogP contribution in [0.4, 0.5) is 17.3 Å². The van der Waals surface area contributed by atoms with E-state index in [1.54, 1.807) is 13.0 Å². The zero-order valence-electron chi connectivity index (χ0n) is 9.80. The van der Waals surface area contributed by atoms with Crippen molar-refractivity contribution in [3.8, 4) is 0 Å². The van der Waals surface area contributed by atoms with Gasteiger partial charge in [-0.25, -0.2) is 4.98 Å². The largest absolute Gasteiger partial charge is 0.394 e. The van der Waals surface area contributed by atoms with Gasteiger partial charge in [0.15, 0.2) is 0 Å². The highest BCUT2D eigenvalue weighted by Crippen LogP contribution is 2.24. The van der Waals surface area contributed by atoms with E-state index < -0.39 is 4.92 Å². The number of pyridine rings is 1. The highest BCUT2D eigenvalue weighted by atomic mass is 16.6. The van der Waals surface area contributed by atoms with Crippen LogP contribution in [0.5, 0.6) is 0 Å². The summed E-state index contributed by atoms with van der Waals surface area (Å²) in [5, 5.41) is 25.5. The smallest absolute Gasteiger partial charge is 0.311 e. The van der Waals surface area contributed by atoms with Crippen molar-refractivity contribution in [2.45, 2.75) is 19.9 Å². The molecule has 1 unspecified atom stereocenters. The molecule has 94 valence electrons. The van der Waals surface area contributed by atoms with Gasteiger partial charge in [-0.05, 0) is 19.9 Å². The van der Waals surface area contributed by atoms with Crippen LogP contribution in [0, 0.1) is 10.1 Å². The average Bonchev–Trinajstić information content (AvgIpc) is 2.29. The third-order valence-electron chi connectivity index (χ3n) is 2.09. The fourth-order valence-electron chi connectivity index (χ4n) is 1.26. The molecule has 1 atom stereocenters. The van der Waals surface area contributed by atoms with Gasteiger partial charge in [0.2, 0.25) is 5.82 Å². The molecule has 7 nitrogen and oxygen atoms in total. The molecule has 0 saturated heterocycles. The molecular formula is C10H16N4O3. The Balaban J connectivity index is 3.02. The van der Waals surface area contributed by atoms with Crippen molar-refractivity contribution >= 4 is 17.3 Å². The number of nitrogens with zero attached hydrogens (tertiary/aromatic N) is 2. The van der Waals surface area contributed by atoms with Crippen LogP contribution in [0.1, 0.15) is 13.8 Å². The van der Waals surface area contributed by atoms with Gasteiger partial charge < -0.3 is 15.7 Å². The normalized spacial score (nSPS) is 11.9. The van der Waals surface area contributed by atoms with Crippen molar-refractivity contribution in [1.82, 2.24) is 4.98 Å². The molecule has 1 aromatic heterocycles. The molecule has 0 saturated carbocycles. The standard InChI is InChI=1S/C10H16N4O3/c1-3-11-9-5-4-8(14(16)17)10(13-9)12-7(2)6-15/h4-5,7,15H,3,6H2,1-2H3,(H2,11,12,13). The summed E-state index contributed by atoms with van der Waals surface area (Å²) in [7, 11) is 0. The van der Waals surface area contributed by atoms with Crippen molar-refractivity contribution in [2.75, 3.05) is 23.8 Å². The molecule has 1 rings (SSSR count). The molecule has 0 bridgehead atoms. The maximum Gasteiger partial charge on any atom is 0.311 e. The molecule has 3 N–H and O–H groups in total. The Morgan fingerprint density at radius 1 is 1.59 bits per heavy atom. The number of anilines is 2. The Morgan fingerprint density at radius 2 is 2.29 bits per heavy atom. The first-order valence-electron chi connectivity index (χ1n) is 5.35. The predicted molar refractivity (Wildman–Crippen MR) is 65.2 cm³/mol. The number of aliphatic hydroxyl groups is 1. The Kier molecular flexibility index (Phi) is 4.65. The lowest BCUT2D eigenvalue weighted by Crippen LogP contribution is -2.21. The first-order chi connectivity index (χ1) is 8.08. The number of aliphatic hydroxyl groups excluding tert-OH is 1. The van der Waals surface area contributed by atoms with Crippen molar-refractivity contribution in [3.05, 3.63) is 22.2 Å². The molecule has 7 heteroatoms. The molecule has 1 heterocycles. The maximum absolute atomic E-state index is 10.8. The summed E-state index contributed by atoms with van der Waals surface area (Å²) in [6, 6.07) is 2.64. The maximum atomic E-state index is 10.8. The van der Waals surface area contributed by atoms with Crippen molar-refractivity contribution in [1.29, 1.82) is 0 Å². The number of hydrogen-bond acceptors (Lipinski definition) is 6. The van der Waals surface area contributed by atoms with Crippen LogP contribution in [0.15, 0.2) is 12.1 Å². The monoisotopic (exact) mass is 240 g/mol. The Labute approximate surface area is 99.0 Å². The molecule has 0 fully saturated rings.